The van der Waals surface area contributed by atoms with Gasteiger partial charge < -0.3 is 4.74 Å². The number of aromatic nitrogens is 1. The highest BCUT2D eigenvalue weighted by Crippen LogP contribution is 2.32. The molecule has 0 aliphatic rings. The highest BCUT2D eigenvalue weighted by Gasteiger charge is 2.33. The average Bonchev–Trinajstić information content (AvgIpc) is 2.43. The van der Waals surface area contributed by atoms with Gasteiger partial charge in [0.15, 0.2) is 11.6 Å². The molecule has 1 aromatic carbocycles. The number of rotatable bonds is 2. The molecular weight excluding hydrogens is 295 g/mol. The van der Waals surface area contributed by atoms with Crippen LogP contribution < -0.4 is 4.74 Å². The van der Waals surface area contributed by atoms with E-state index < -0.39 is 35.1 Å². The third kappa shape index (κ3) is 3.08. The summed E-state index contributed by atoms with van der Waals surface area (Å²) in [4.78, 5) is 3.12. The van der Waals surface area contributed by atoms with Crippen LogP contribution in [-0.2, 0) is 6.18 Å². The summed E-state index contributed by atoms with van der Waals surface area (Å²) in [5.74, 6) is -4.05. The summed E-state index contributed by atoms with van der Waals surface area (Å²) in [5, 5.41) is 8.79. The number of pyridine rings is 1. The van der Waals surface area contributed by atoms with Crippen LogP contribution in [0.3, 0.4) is 0 Å². The molecule has 1 heterocycles. The maximum absolute atomic E-state index is 13.4. The molecule has 1 aromatic heterocycles. The summed E-state index contributed by atoms with van der Waals surface area (Å²) < 4.78 is 68.9. The number of halogens is 5. The van der Waals surface area contributed by atoms with E-state index in [1.165, 1.54) is 0 Å². The first-order chi connectivity index (χ1) is 9.82. The van der Waals surface area contributed by atoms with E-state index in [-0.39, 0.29) is 5.56 Å². The Kier molecular flexibility index (Phi) is 3.76. The van der Waals surface area contributed by atoms with E-state index in [9.17, 15) is 22.0 Å². The molecule has 21 heavy (non-hydrogen) atoms. The Hall–Kier alpha value is -2.69. The van der Waals surface area contributed by atoms with E-state index in [0.717, 1.165) is 24.3 Å². The largest absolute Gasteiger partial charge is 0.434 e. The van der Waals surface area contributed by atoms with E-state index in [0.29, 0.717) is 6.07 Å². The lowest BCUT2D eigenvalue weighted by Crippen LogP contribution is -2.09. The van der Waals surface area contributed by atoms with Crippen LogP contribution in [0.5, 0.6) is 11.6 Å². The minimum Gasteiger partial charge on any atom is -0.434 e. The highest BCUT2D eigenvalue weighted by molar-refractivity contribution is 5.42. The molecule has 3 nitrogen and oxygen atoms in total. The van der Waals surface area contributed by atoms with Gasteiger partial charge in [0.25, 0.3) is 0 Å². The Balaban J connectivity index is 2.48. The van der Waals surface area contributed by atoms with Gasteiger partial charge in [0, 0.05) is 0 Å². The SMILES string of the molecule is N#Cc1ccc(C(F)(F)F)nc1Oc1cccc(F)c1F. The van der Waals surface area contributed by atoms with Crippen LogP contribution in [-0.4, -0.2) is 4.98 Å². The van der Waals surface area contributed by atoms with Gasteiger partial charge in [-0.15, -0.1) is 0 Å². The Morgan fingerprint density at radius 2 is 1.81 bits per heavy atom. The van der Waals surface area contributed by atoms with Crippen LogP contribution in [0.1, 0.15) is 11.3 Å². The number of nitriles is 1. The first-order valence-corrected chi connectivity index (χ1v) is 5.43. The van der Waals surface area contributed by atoms with Gasteiger partial charge in [-0.05, 0) is 24.3 Å². The number of nitrogens with zero attached hydrogens (tertiary/aromatic N) is 2. The topological polar surface area (TPSA) is 45.9 Å². The summed E-state index contributed by atoms with van der Waals surface area (Å²) in [5.41, 5.74) is -1.65. The highest BCUT2D eigenvalue weighted by atomic mass is 19.4. The van der Waals surface area contributed by atoms with Crippen molar-refractivity contribution >= 4 is 0 Å². The van der Waals surface area contributed by atoms with Crippen molar-refractivity contribution in [3.63, 3.8) is 0 Å². The molecule has 108 valence electrons. The van der Waals surface area contributed by atoms with Crippen molar-refractivity contribution in [1.82, 2.24) is 4.98 Å². The standard InChI is InChI=1S/C13H5F5N2O/c14-8-2-1-3-9(11(8)15)21-12-7(6-19)4-5-10(20-12)13(16,17)18/h1-5H. The molecular formula is C13H5F5N2O. The van der Waals surface area contributed by atoms with E-state index in [1.54, 1.807) is 6.07 Å². The predicted molar refractivity (Wildman–Crippen MR) is 60.4 cm³/mol. The van der Waals surface area contributed by atoms with Gasteiger partial charge in [-0.2, -0.15) is 22.8 Å². The summed E-state index contributed by atoms with van der Waals surface area (Å²) in [7, 11) is 0. The molecule has 0 saturated carbocycles. The molecule has 0 amide bonds. The van der Waals surface area contributed by atoms with Gasteiger partial charge in [0.05, 0.1) is 0 Å². The van der Waals surface area contributed by atoms with Gasteiger partial charge in [-0.3, -0.25) is 0 Å². The van der Waals surface area contributed by atoms with Gasteiger partial charge in [0.1, 0.15) is 17.3 Å². The van der Waals surface area contributed by atoms with Gasteiger partial charge in [-0.25, -0.2) is 9.37 Å². The van der Waals surface area contributed by atoms with Gasteiger partial charge in [0.2, 0.25) is 11.7 Å². The second kappa shape index (κ2) is 5.36. The molecule has 0 N–H and O–H groups in total. The zero-order valence-electron chi connectivity index (χ0n) is 10.1. The summed E-state index contributed by atoms with van der Waals surface area (Å²) in [6.45, 7) is 0. The molecule has 2 aromatic rings. The first kappa shape index (κ1) is 14.7. The first-order valence-electron chi connectivity index (χ1n) is 5.43. The van der Waals surface area contributed by atoms with Gasteiger partial charge >= 0.3 is 6.18 Å². The zero-order valence-corrected chi connectivity index (χ0v) is 10.1. The maximum atomic E-state index is 13.4. The molecule has 2 rings (SSSR count). The van der Waals surface area contributed by atoms with E-state index in [1.807, 2.05) is 0 Å². The number of alkyl halides is 3. The van der Waals surface area contributed by atoms with Crippen molar-refractivity contribution in [3.8, 4) is 17.7 Å². The lowest BCUT2D eigenvalue weighted by molar-refractivity contribution is -0.141. The van der Waals surface area contributed by atoms with E-state index in [2.05, 4.69) is 4.98 Å². The van der Waals surface area contributed by atoms with Crippen molar-refractivity contribution in [3.05, 3.63) is 53.2 Å². The average molecular weight is 300 g/mol. The fraction of sp³-hybridized carbons (Fsp3) is 0.0769. The Labute approximate surface area is 115 Å². The van der Waals surface area contributed by atoms with Crippen LogP contribution in [0.15, 0.2) is 30.3 Å². The molecule has 0 aliphatic carbocycles. The Morgan fingerprint density at radius 3 is 2.43 bits per heavy atom. The normalized spacial score (nSPS) is 11.0. The summed E-state index contributed by atoms with van der Waals surface area (Å²) >= 11 is 0. The minimum absolute atomic E-state index is 0.341. The van der Waals surface area contributed by atoms with Gasteiger partial charge in [-0.1, -0.05) is 6.07 Å². The van der Waals surface area contributed by atoms with Crippen molar-refractivity contribution < 1.29 is 26.7 Å². The van der Waals surface area contributed by atoms with Crippen LogP contribution >= 0.6 is 0 Å². The summed E-state index contributed by atoms with van der Waals surface area (Å²) in [6, 6.07) is 5.90. The quantitative estimate of drug-likeness (QED) is 0.786. The zero-order chi connectivity index (χ0) is 15.6. The summed E-state index contributed by atoms with van der Waals surface area (Å²) in [6.07, 6.45) is -4.76. The second-order valence-corrected chi connectivity index (χ2v) is 3.81. The van der Waals surface area contributed by atoms with E-state index in [4.69, 9.17) is 10.00 Å². The van der Waals surface area contributed by atoms with Crippen LogP contribution in [0.25, 0.3) is 0 Å². The number of ether oxygens (including phenoxy) is 1. The maximum Gasteiger partial charge on any atom is 0.433 e. The molecule has 0 radical (unpaired) electrons. The van der Waals surface area contributed by atoms with Crippen molar-refractivity contribution in [1.29, 1.82) is 5.26 Å². The molecule has 0 saturated heterocycles. The fourth-order valence-corrected chi connectivity index (χ4v) is 1.43. The lowest BCUT2D eigenvalue weighted by atomic mass is 10.2. The Morgan fingerprint density at radius 1 is 1.10 bits per heavy atom. The lowest BCUT2D eigenvalue weighted by Gasteiger charge is -2.10. The molecule has 0 spiro atoms. The molecule has 0 atom stereocenters. The van der Waals surface area contributed by atoms with Crippen LogP contribution in [0.4, 0.5) is 22.0 Å². The third-order valence-electron chi connectivity index (χ3n) is 2.39. The third-order valence-corrected chi connectivity index (χ3v) is 2.39. The number of benzene rings is 1. The monoisotopic (exact) mass is 300 g/mol. The van der Waals surface area contributed by atoms with Crippen LogP contribution in [0, 0.1) is 23.0 Å². The molecule has 0 unspecified atom stereocenters. The minimum atomic E-state index is -4.76. The van der Waals surface area contributed by atoms with E-state index >= 15 is 0 Å². The molecule has 0 aliphatic heterocycles. The second-order valence-electron chi connectivity index (χ2n) is 3.81. The Bertz CT molecular complexity index is 721. The number of hydrogen-bond donors (Lipinski definition) is 0. The fourth-order valence-electron chi connectivity index (χ4n) is 1.43. The molecule has 8 heteroatoms. The predicted octanol–water partition coefficient (Wildman–Crippen LogP) is 4.04. The smallest absolute Gasteiger partial charge is 0.433 e. The molecule has 0 fully saturated rings. The number of hydrogen-bond acceptors (Lipinski definition) is 3. The van der Waals surface area contributed by atoms with Crippen molar-refractivity contribution in [2.75, 3.05) is 0 Å². The van der Waals surface area contributed by atoms with Crippen LogP contribution in [0.2, 0.25) is 0 Å². The van der Waals surface area contributed by atoms with Crippen molar-refractivity contribution in [2.45, 2.75) is 6.18 Å². The van der Waals surface area contributed by atoms with Crippen molar-refractivity contribution in [2.24, 2.45) is 0 Å². The molecule has 0 bridgehead atoms.